The summed E-state index contributed by atoms with van der Waals surface area (Å²) in [5, 5.41) is 3.44. The molecule has 1 N–H and O–H groups in total. The summed E-state index contributed by atoms with van der Waals surface area (Å²) in [6.07, 6.45) is 3.15. The summed E-state index contributed by atoms with van der Waals surface area (Å²) >= 11 is 1.72. The Hall–Kier alpha value is -0.540. The average Bonchev–Trinajstić information content (AvgIpc) is 2.28. The van der Waals surface area contributed by atoms with Gasteiger partial charge in [-0.05, 0) is 42.9 Å². The molecule has 0 saturated heterocycles. The Balaban J connectivity index is 2.70. The van der Waals surface area contributed by atoms with Crippen LogP contribution < -0.4 is 5.32 Å². The van der Waals surface area contributed by atoms with Crippen molar-refractivity contribution in [2.45, 2.75) is 38.6 Å². The van der Waals surface area contributed by atoms with Crippen molar-refractivity contribution in [3.8, 4) is 0 Å². The molecule has 0 saturated carbocycles. The van der Waals surface area contributed by atoms with Gasteiger partial charge in [0.15, 0.2) is 0 Å². The highest BCUT2D eigenvalue weighted by Gasteiger charge is 2.05. The molecule has 1 nitrogen and oxygen atoms in total. The van der Waals surface area contributed by atoms with E-state index in [1.165, 1.54) is 11.6 Å². The minimum Gasteiger partial charge on any atom is -0.310 e. The first kappa shape index (κ1) is 13.5. The lowest BCUT2D eigenvalue weighted by atomic mass is 10.1. The van der Waals surface area contributed by atoms with Crippen LogP contribution in [-0.2, 0) is 12.3 Å². The SMILES string of the molecule is CCC(C)NCc1ccc(F)cc1CSC. The topological polar surface area (TPSA) is 12.0 Å². The normalized spacial score (nSPS) is 12.8. The number of thioether (sulfide) groups is 1. The van der Waals surface area contributed by atoms with E-state index >= 15 is 0 Å². The molecule has 3 heteroatoms. The second-order valence-electron chi connectivity index (χ2n) is 4.04. The Labute approximate surface area is 102 Å². The van der Waals surface area contributed by atoms with Gasteiger partial charge in [0.25, 0.3) is 0 Å². The lowest BCUT2D eigenvalue weighted by Crippen LogP contribution is -2.24. The highest BCUT2D eigenvalue weighted by Crippen LogP contribution is 2.16. The van der Waals surface area contributed by atoms with Crippen molar-refractivity contribution < 1.29 is 4.39 Å². The van der Waals surface area contributed by atoms with Crippen LogP contribution in [0.5, 0.6) is 0 Å². The van der Waals surface area contributed by atoms with Gasteiger partial charge < -0.3 is 5.32 Å². The smallest absolute Gasteiger partial charge is 0.123 e. The molecule has 0 aromatic heterocycles. The molecule has 0 aliphatic heterocycles. The molecule has 1 unspecified atom stereocenters. The molecule has 0 aliphatic carbocycles. The van der Waals surface area contributed by atoms with Crippen LogP contribution in [0.25, 0.3) is 0 Å². The minimum atomic E-state index is -0.142. The zero-order valence-corrected chi connectivity index (χ0v) is 11.0. The van der Waals surface area contributed by atoms with E-state index in [4.69, 9.17) is 0 Å². The highest BCUT2D eigenvalue weighted by molar-refractivity contribution is 7.97. The highest BCUT2D eigenvalue weighted by atomic mass is 32.2. The van der Waals surface area contributed by atoms with Gasteiger partial charge in [0.1, 0.15) is 5.82 Å². The fourth-order valence-electron chi connectivity index (χ4n) is 1.49. The van der Waals surface area contributed by atoms with E-state index in [2.05, 4.69) is 19.2 Å². The molecular weight excluding hydrogens is 221 g/mol. The summed E-state index contributed by atoms with van der Waals surface area (Å²) in [6, 6.07) is 5.57. The van der Waals surface area contributed by atoms with Crippen LogP contribution in [0.1, 0.15) is 31.4 Å². The van der Waals surface area contributed by atoms with Gasteiger partial charge in [-0.15, -0.1) is 0 Å². The summed E-state index contributed by atoms with van der Waals surface area (Å²) < 4.78 is 13.1. The Morgan fingerprint density at radius 1 is 1.38 bits per heavy atom. The van der Waals surface area contributed by atoms with Gasteiger partial charge in [-0.2, -0.15) is 11.8 Å². The monoisotopic (exact) mass is 241 g/mol. The number of rotatable bonds is 6. The van der Waals surface area contributed by atoms with Gasteiger partial charge in [-0.3, -0.25) is 0 Å². The van der Waals surface area contributed by atoms with Gasteiger partial charge in [0.2, 0.25) is 0 Å². The maximum absolute atomic E-state index is 13.1. The molecule has 0 spiro atoms. The molecule has 16 heavy (non-hydrogen) atoms. The molecule has 0 fully saturated rings. The molecule has 1 atom stereocenters. The maximum atomic E-state index is 13.1. The van der Waals surface area contributed by atoms with Crippen molar-refractivity contribution in [1.82, 2.24) is 5.32 Å². The van der Waals surface area contributed by atoms with Gasteiger partial charge in [0.05, 0.1) is 0 Å². The Kier molecular flexibility index (Phi) is 5.85. The van der Waals surface area contributed by atoms with E-state index in [1.807, 2.05) is 12.3 Å². The quantitative estimate of drug-likeness (QED) is 0.817. The van der Waals surface area contributed by atoms with Crippen LogP contribution in [0.15, 0.2) is 18.2 Å². The van der Waals surface area contributed by atoms with E-state index in [1.54, 1.807) is 17.8 Å². The Morgan fingerprint density at radius 3 is 2.75 bits per heavy atom. The van der Waals surface area contributed by atoms with Crippen LogP contribution in [0.4, 0.5) is 4.39 Å². The van der Waals surface area contributed by atoms with Crippen LogP contribution in [0.2, 0.25) is 0 Å². The lowest BCUT2D eigenvalue weighted by molar-refractivity contribution is 0.532. The third-order valence-corrected chi connectivity index (χ3v) is 3.32. The van der Waals surface area contributed by atoms with Crippen LogP contribution in [0.3, 0.4) is 0 Å². The Bertz CT molecular complexity index is 328. The van der Waals surface area contributed by atoms with Crippen LogP contribution >= 0.6 is 11.8 Å². The molecule has 0 aliphatic rings. The van der Waals surface area contributed by atoms with Crippen molar-refractivity contribution >= 4 is 11.8 Å². The summed E-state index contributed by atoms with van der Waals surface area (Å²) in [7, 11) is 0. The fourth-order valence-corrected chi connectivity index (χ4v) is 2.07. The summed E-state index contributed by atoms with van der Waals surface area (Å²) in [5.74, 6) is 0.728. The summed E-state index contributed by atoms with van der Waals surface area (Å²) in [6.45, 7) is 5.15. The van der Waals surface area contributed by atoms with Crippen molar-refractivity contribution in [3.63, 3.8) is 0 Å². The zero-order chi connectivity index (χ0) is 12.0. The maximum Gasteiger partial charge on any atom is 0.123 e. The van der Waals surface area contributed by atoms with Crippen LogP contribution in [-0.4, -0.2) is 12.3 Å². The first-order valence-corrected chi connectivity index (χ1v) is 7.06. The number of hydrogen-bond acceptors (Lipinski definition) is 2. The van der Waals surface area contributed by atoms with Crippen molar-refractivity contribution in [2.24, 2.45) is 0 Å². The standard InChI is InChI=1S/C13H20FNS/c1-4-10(2)15-8-11-5-6-13(14)7-12(11)9-16-3/h5-7,10,15H,4,8-9H2,1-3H3. The number of benzene rings is 1. The molecule has 0 amide bonds. The molecule has 0 bridgehead atoms. The molecule has 1 aromatic rings. The first-order chi connectivity index (χ1) is 7.67. The van der Waals surface area contributed by atoms with Gasteiger partial charge >= 0.3 is 0 Å². The first-order valence-electron chi connectivity index (χ1n) is 5.67. The number of hydrogen-bond donors (Lipinski definition) is 1. The molecule has 0 radical (unpaired) electrons. The van der Waals surface area contributed by atoms with E-state index in [0.29, 0.717) is 6.04 Å². The van der Waals surface area contributed by atoms with Crippen molar-refractivity contribution in [2.75, 3.05) is 6.26 Å². The van der Waals surface area contributed by atoms with E-state index in [9.17, 15) is 4.39 Å². The lowest BCUT2D eigenvalue weighted by Gasteiger charge is -2.14. The van der Waals surface area contributed by atoms with Crippen molar-refractivity contribution in [1.29, 1.82) is 0 Å². The molecule has 1 aromatic carbocycles. The minimum absolute atomic E-state index is 0.142. The van der Waals surface area contributed by atoms with E-state index in [0.717, 1.165) is 24.3 Å². The van der Waals surface area contributed by atoms with Gasteiger partial charge in [0, 0.05) is 18.3 Å². The fraction of sp³-hybridized carbons (Fsp3) is 0.538. The molecular formula is C13H20FNS. The van der Waals surface area contributed by atoms with Gasteiger partial charge in [-0.25, -0.2) is 4.39 Å². The molecule has 1 rings (SSSR count). The largest absolute Gasteiger partial charge is 0.310 e. The van der Waals surface area contributed by atoms with Gasteiger partial charge in [-0.1, -0.05) is 13.0 Å². The zero-order valence-electron chi connectivity index (χ0n) is 10.2. The second kappa shape index (κ2) is 6.92. The number of halogens is 1. The summed E-state index contributed by atoms with van der Waals surface area (Å²) in [4.78, 5) is 0. The molecule has 0 heterocycles. The molecule has 90 valence electrons. The average molecular weight is 241 g/mol. The van der Waals surface area contributed by atoms with Crippen molar-refractivity contribution in [3.05, 3.63) is 35.1 Å². The number of nitrogens with one attached hydrogen (secondary N) is 1. The van der Waals surface area contributed by atoms with E-state index in [-0.39, 0.29) is 5.82 Å². The predicted octanol–water partition coefficient (Wildman–Crippen LogP) is 3.58. The summed E-state index contributed by atoms with van der Waals surface area (Å²) in [5.41, 5.74) is 2.30. The second-order valence-corrected chi connectivity index (χ2v) is 4.90. The third-order valence-electron chi connectivity index (χ3n) is 2.72. The Morgan fingerprint density at radius 2 is 2.12 bits per heavy atom. The third kappa shape index (κ3) is 4.14. The van der Waals surface area contributed by atoms with E-state index < -0.39 is 0 Å². The predicted molar refractivity (Wildman–Crippen MR) is 70.2 cm³/mol. The van der Waals surface area contributed by atoms with Crippen LogP contribution in [0, 0.1) is 5.82 Å².